The van der Waals surface area contributed by atoms with Gasteiger partial charge in [0, 0.05) is 14.0 Å². The summed E-state index contributed by atoms with van der Waals surface area (Å²) in [5.41, 5.74) is 5.47. The van der Waals surface area contributed by atoms with E-state index in [1.165, 1.54) is 0 Å². The van der Waals surface area contributed by atoms with Crippen molar-refractivity contribution in [2.24, 2.45) is 5.73 Å². The first-order valence-corrected chi connectivity index (χ1v) is 3.36. The van der Waals surface area contributed by atoms with E-state index in [1.54, 1.807) is 0 Å². The van der Waals surface area contributed by atoms with Gasteiger partial charge in [-0.05, 0) is 13.0 Å². The van der Waals surface area contributed by atoms with E-state index in [1.807, 2.05) is 13.8 Å². The summed E-state index contributed by atoms with van der Waals surface area (Å²) >= 11 is 0. The Kier molecular flexibility index (Phi) is 5.01. The lowest BCUT2D eigenvalue weighted by atomic mass is 10.3. The highest BCUT2D eigenvalue weighted by Gasteiger charge is 2.06. The van der Waals surface area contributed by atoms with Gasteiger partial charge in [-0.2, -0.15) is 0 Å². The van der Waals surface area contributed by atoms with Gasteiger partial charge in [0.2, 0.25) is 0 Å². The van der Waals surface area contributed by atoms with Crippen LogP contribution >= 0.6 is 0 Å². The summed E-state index contributed by atoms with van der Waals surface area (Å²) in [6.07, 6.45) is 1.15. The Morgan fingerprint density at radius 3 is 2.38 bits per heavy atom. The van der Waals surface area contributed by atoms with E-state index < -0.39 is 0 Å². The SMILES string of the molecule is CC.NC1CCNC1.[HH]. The number of hydrogen-bond donors (Lipinski definition) is 2. The molecule has 1 heterocycles. The number of nitrogens with two attached hydrogens (primary N) is 1. The number of hydrogen-bond acceptors (Lipinski definition) is 2. The predicted molar refractivity (Wildman–Crippen MR) is 38.9 cm³/mol. The largest absolute Gasteiger partial charge is 0.327 e. The maximum atomic E-state index is 5.47. The summed E-state index contributed by atoms with van der Waals surface area (Å²) in [7, 11) is 0. The second-order valence-electron chi connectivity index (χ2n) is 1.75. The smallest absolute Gasteiger partial charge is 0.0177 e. The molecule has 0 spiro atoms. The highest BCUT2D eigenvalue weighted by atomic mass is 14.9. The maximum Gasteiger partial charge on any atom is 0.0177 e. The van der Waals surface area contributed by atoms with E-state index in [-0.39, 0.29) is 1.43 Å². The molecule has 3 N–H and O–H groups in total. The van der Waals surface area contributed by atoms with Crippen LogP contribution in [0.5, 0.6) is 0 Å². The fourth-order valence-corrected chi connectivity index (χ4v) is 0.677. The van der Waals surface area contributed by atoms with Crippen LogP contribution in [-0.4, -0.2) is 19.1 Å². The van der Waals surface area contributed by atoms with Gasteiger partial charge in [0.05, 0.1) is 0 Å². The van der Waals surface area contributed by atoms with E-state index in [0.29, 0.717) is 6.04 Å². The molecule has 1 unspecified atom stereocenters. The second-order valence-corrected chi connectivity index (χ2v) is 1.75. The molecule has 0 radical (unpaired) electrons. The van der Waals surface area contributed by atoms with Crippen molar-refractivity contribution in [3.63, 3.8) is 0 Å². The van der Waals surface area contributed by atoms with Crippen LogP contribution in [0.3, 0.4) is 0 Å². The first-order chi connectivity index (χ1) is 3.89. The molecule has 0 amide bonds. The molecule has 0 saturated carbocycles. The Labute approximate surface area is 52.9 Å². The molecule has 1 aliphatic heterocycles. The van der Waals surface area contributed by atoms with Crippen LogP contribution in [0.4, 0.5) is 0 Å². The first-order valence-electron chi connectivity index (χ1n) is 3.36. The molecule has 1 aliphatic rings. The summed E-state index contributed by atoms with van der Waals surface area (Å²) in [4.78, 5) is 0. The van der Waals surface area contributed by atoms with Crippen LogP contribution < -0.4 is 11.1 Å². The van der Waals surface area contributed by atoms with Crippen LogP contribution in [0.1, 0.15) is 21.7 Å². The van der Waals surface area contributed by atoms with Crippen molar-refractivity contribution in [3.05, 3.63) is 0 Å². The van der Waals surface area contributed by atoms with Crippen molar-refractivity contribution in [3.8, 4) is 0 Å². The highest BCUT2D eigenvalue weighted by molar-refractivity contribution is 4.72. The van der Waals surface area contributed by atoms with Gasteiger partial charge in [0.1, 0.15) is 0 Å². The molecule has 0 aromatic heterocycles. The van der Waals surface area contributed by atoms with Gasteiger partial charge in [-0.25, -0.2) is 0 Å². The van der Waals surface area contributed by atoms with Gasteiger partial charge in [-0.15, -0.1) is 0 Å². The first kappa shape index (κ1) is 7.92. The summed E-state index contributed by atoms with van der Waals surface area (Å²) in [5, 5.41) is 3.15. The molecule has 1 rings (SSSR count). The minimum absolute atomic E-state index is 0. The van der Waals surface area contributed by atoms with Gasteiger partial charge in [-0.3, -0.25) is 0 Å². The molecule has 8 heavy (non-hydrogen) atoms. The Balaban J connectivity index is 0. The van der Waals surface area contributed by atoms with Crippen molar-refractivity contribution in [2.45, 2.75) is 26.3 Å². The summed E-state index contributed by atoms with van der Waals surface area (Å²) in [6, 6.07) is 0.435. The van der Waals surface area contributed by atoms with Crippen molar-refractivity contribution >= 4 is 0 Å². The lowest BCUT2D eigenvalue weighted by Gasteiger charge is -1.91. The third kappa shape index (κ3) is 2.99. The standard InChI is InChI=1S/C4H10N2.C2H6.H2/c5-4-1-2-6-3-4;1-2;/h4,6H,1-3,5H2;1-2H3;1H. The van der Waals surface area contributed by atoms with Gasteiger partial charge >= 0.3 is 0 Å². The van der Waals surface area contributed by atoms with Gasteiger partial charge in [0.25, 0.3) is 0 Å². The van der Waals surface area contributed by atoms with E-state index >= 15 is 0 Å². The molecule has 2 heteroatoms. The minimum Gasteiger partial charge on any atom is -0.327 e. The molecule has 2 nitrogen and oxygen atoms in total. The number of nitrogens with one attached hydrogen (secondary N) is 1. The molecular formula is C6H18N2. The highest BCUT2D eigenvalue weighted by Crippen LogP contribution is 1.90. The summed E-state index contributed by atoms with van der Waals surface area (Å²) in [6.45, 7) is 6.13. The molecule has 0 aliphatic carbocycles. The molecule has 1 saturated heterocycles. The Hall–Kier alpha value is -0.0800. The zero-order valence-corrected chi connectivity index (χ0v) is 5.78. The van der Waals surface area contributed by atoms with Crippen molar-refractivity contribution in [1.29, 1.82) is 0 Å². The average Bonchev–Trinajstić information content (AvgIpc) is 2.24. The van der Waals surface area contributed by atoms with Crippen LogP contribution in [0.2, 0.25) is 0 Å². The quantitative estimate of drug-likeness (QED) is 0.488. The lowest BCUT2D eigenvalue weighted by Crippen LogP contribution is -2.21. The minimum atomic E-state index is 0. The van der Waals surface area contributed by atoms with E-state index in [2.05, 4.69) is 5.32 Å². The van der Waals surface area contributed by atoms with E-state index in [9.17, 15) is 0 Å². The third-order valence-corrected chi connectivity index (χ3v) is 1.10. The summed E-state index contributed by atoms with van der Waals surface area (Å²) < 4.78 is 0. The Bertz CT molecular complexity index is 44.3. The van der Waals surface area contributed by atoms with Crippen molar-refractivity contribution in [1.82, 2.24) is 5.32 Å². The molecule has 0 aromatic rings. The van der Waals surface area contributed by atoms with E-state index in [0.717, 1.165) is 19.5 Å². The molecular weight excluding hydrogens is 100 g/mol. The molecule has 0 aromatic carbocycles. The zero-order valence-electron chi connectivity index (χ0n) is 5.78. The Morgan fingerprint density at radius 1 is 1.62 bits per heavy atom. The average molecular weight is 118 g/mol. The van der Waals surface area contributed by atoms with Gasteiger partial charge in [-0.1, -0.05) is 13.8 Å². The fourth-order valence-electron chi connectivity index (χ4n) is 0.677. The zero-order chi connectivity index (χ0) is 6.41. The van der Waals surface area contributed by atoms with Crippen LogP contribution in [0.25, 0.3) is 0 Å². The molecule has 52 valence electrons. The van der Waals surface area contributed by atoms with Crippen molar-refractivity contribution < 1.29 is 1.43 Å². The topological polar surface area (TPSA) is 38.0 Å². The van der Waals surface area contributed by atoms with Crippen LogP contribution in [0.15, 0.2) is 0 Å². The number of rotatable bonds is 0. The van der Waals surface area contributed by atoms with Crippen LogP contribution in [0, 0.1) is 0 Å². The summed E-state index contributed by atoms with van der Waals surface area (Å²) in [5.74, 6) is 0. The second kappa shape index (κ2) is 5.06. The van der Waals surface area contributed by atoms with Crippen molar-refractivity contribution in [2.75, 3.05) is 13.1 Å². The predicted octanol–water partition coefficient (Wildman–Crippen LogP) is 0.579. The Morgan fingerprint density at radius 2 is 2.25 bits per heavy atom. The molecule has 0 bridgehead atoms. The van der Waals surface area contributed by atoms with E-state index in [4.69, 9.17) is 5.73 Å². The third-order valence-electron chi connectivity index (χ3n) is 1.10. The van der Waals surface area contributed by atoms with Gasteiger partial charge in [0.15, 0.2) is 0 Å². The fraction of sp³-hybridized carbons (Fsp3) is 1.00. The monoisotopic (exact) mass is 118 g/mol. The molecule has 1 fully saturated rings. The van der Waals surface area contributed by atoms with Gasteiger partial charge < -0.3 is 11.1 Å². The molecule has 1 atom stereocenters. The van der Waals surface area contributed by atoms with Crippen LogP contribution in [-0.2, 0) is 0 Å². The normalized spacial score (nSPS) is 26.6. The lowest BCUT2D eigenvalue weighted by molar-refractivity contribution is 0.742. The maximum absolute atomic E-state index is 5.47.